The number of hydrogen-bond donors (Lipinski definition) is 0. The second-order valence-electron chi connectivity index (χ2n) is 4.54. The van der Waals surface area contributed by atoms with Crippen molar-refractivity contribution in [2.75, 3.05) is 0 Å². The van der Waals surface area contributed by atoms with Crippen molar-refractivity contribution in [1.82, 2.24) is 0 Å². The maximum atomic E-state index is 3.46. The van der Waals surface area contributed by atoms with E-state index in [9.17, 15) is 0 Å². The molecule has 0 aromatic heterocycles. The smallest absolute Gasteiger partial charge is 0.0120 e. The van der Waals surface area contributed by atoms with Crippen molar-refractivity contribution >= 4 is 0 Å². The molecular weight excluding hydrogens is 192 g/mol. The van der Waals surface area contributed by atoms with Crippen molar-refractivity contribution in [3.8, 4) is 0 Å². The predicted octanol–water partition coefficient (Wildman–Crippen LogP) is 4.90. The lowest BCUT2D eigenvalue weighted by atomic mass is 9.98. The maximum absolute atomic E-state index is 3.46. The molecule has 1 aromatic carbocycles. The van der Waals surface area contributed by atoms with Crippen molar-refractivity contribution in [2.24, 2.45) is 0 Å². The van der Waals surface area contributed by atoms with E-state index in [0.717, 1.165) is 6.42 Å². The van der Waals surface area contributed by atoms with Gasteiger partial charge in [0.1, 0.15) is 0 Å². The third-order valence-electron chi connectivity index (χ3n) is 3.14. The van der Waals surface area contributed by atoms with Gasteiger partial charge in [0.15, 0.2) is 0 Å². The van der Waals surface area contributed by atoms with Gasteiger partial charge in [-0.25, -0.2) is 0 Å². The van der Waals surface area contributed by atoms with Crippen LogP contribution in [0.15, 0.2) is 18.2 Å². The summed E-state index contributed by atoms with van der Waals surface area (Å²) in [5.41, 5.74) is 5.34. The Bertz CT molecular complexity index is 359. The lowest BCUT2D eigenvalue weighted by Gasteiger charge is -2.07. The highest BCUT2D eigenvalue weighted by atomic mass is 14.1. The highest BCUT2D eigenvalue weighted by Crippen LogP contribution is 2.18. The number of aryl methyl sites for hydroxylation is 2. The monoisotopic (exact) mass is 215 g/mol. The van der Waals surface area contributed by atoms with Crippen molar-refractivity contribution in [1.29, 1.82) is 0 Å². The highest BCUT2D eigenvalue weighted by molar-refractivity contribution is 5.42. The molecule has 0 aliphatic rings. The molecular formula is C16H23. The molecule has 1 aromatic rings. The Morgan fingerprint density at radius 1 is 1.06 bits per heavy atom. The van der Waals surface area contributed by atoms with Gasteiger partial charge in [-0.3, -0.25) is 0 Å². The van der Waals surface area contributed by atoms with E-state index >= 15 is 0 Å². The van der Waals surface area contributed by atoms with Gasteiger partial charge in [-0.2, -0.15) is 0 Å². The SMILES string of the molecule is CCCCC/C=[C]\c1c(C)ccc(C)c1C. The molecule has 0 saturated heterocycles. The van der Waals surface area contributed by atoms with Crippen LogP contribution in [0.5, 0.6) is 0 Å². The van der Waals surface area contributed by atoms with Crippen LogP contribution in [0.3, 0.4) is 0 Å². The highest BCUT2D eigenvalue weighted by Gasteiger charge is 2.01. The van der Waals surface area contributed by atoms with E-state index in [2.05, 4.69) is 52.0 Å². The summed E-state index contributed by atoms with van der Waals surface area (Å²) >= 11 is 0. The molecule has 0 aliphatic carbocycles. The summed E-state index contributed by atoms with van der Waals surface area (Å²) in [6, 6.07) is 4.37. The zero-order valence-electron chi connectivity index (χ0n) is 11.1. The van der Waals surface area contributed by atoms with Gasteiger partial charge in [-0.05, 0) is 61.9 Å². The molecule has 0 bridgehead atoms. The number of rotatable bonds is 5. The Hall–Kier alpha value is -1.04. The largest absolute Gasteiger partial charge is 0.0760 e. The Balaban J connectivity index is 2.69. The summed E-state index contributed by atoms with van der Waals surface area (Å²) in [5.74, 6) is 0. The Labute approximate surface area is 100 Å². The molecule has 0 nitrogen and oxygen atoms in total. The van der Waals surface area contributed by atoms with E-state index in [-0.39, 0.29) is 0 Å². The van der Waals surface area contributed by atoms with Gasteiger partial charge in [0.05, 0.1) is 0 Å². The second kappa shape index (κ2) is 6.52. The normalized spacial score (nSPS) is 11.2. The minimum Gasteiger partial charge on any atom is -0.0760 e. The molecule has 0 saturated carbocycles. The van der Waals surface area contributed by atoms with Gasteiger partial charge in [0.2, 0.25) is 0 Å². The summed E-state index contributed by atoms with van der Waals surface area (Å²) in [5, 5.41) is 0. The van der Waals surface area contributed by atoms with Crippen molar-refractivity contribution in [2.45, 2.75) is 53.4 Å². The molecule has 1 rings (SSSR count). The fourth-order valence-corrected chi connectivity index (χ4v) is 1.84. The summed E-state index contributed by atoms with van der Waals surface area (Å²) in [7, 11) is 0. The number of benzene rings is 1. The molecule has 87 valence electrons. The van der Waals surface area contributed by atoms with Gasteiger partial charge < -0.3 is 0 Å². The standard InChI is InChI=1S/C16H23/c1-5-6-7-8-9-10-16-14(3)12-11-13(2)15(16)4/h9,11-12H,5-8H2,1-4H3. The van der Waals surface area contributed by atoms with Gasteiger partial charge >= 0.3 is 0 Å². The van der Waals surface area contributed by atoms with E-state index in [0.29, 0.717) is 0 Å². The van der Waals surface area contributed by atoms with E-state index < -0.39 is 0 Å². The molecule has 0 aliphatic heterocycles. The summed E-state index contributed by atoms with van der Waals surface area (Å²) in [4.78, 5) is 0. The first-order valence-corrected chi connectivity index (χ1v) is 6.31. The van der Waals surface area contributed by atoms with E-state index in [1.807, 2.05) is 0 Å². The Kier molecular flexibility index (Phi) is 5.31. The number of hydrogen-bond acceptors (Lipinski definition) is 0. The number of allylic oxidation sites excluding steroid dienone is 1. The van der Waals surface area contributed by atoms with Crippen LogP contribution in [-0.2, 0) is 0 Å². The third-order valence-corrected chi connectivity index (χ3v) is 3.14. The maximum Gasteiger partial charge on any atom is -0.0120 e. The summed E-state index contributed by atoms with van der Waals surface area (Å²) < 4.78 is 0. The molecule has 0 unspecified atom stereocenters. The first-order chi connectivity index (χ1) is 7.66. The van der Waals surface area contributed by atoms with Crippen molar-refractivity contribution in [3.05, 3.63) is 46.5 Å². The molecule has 0 atom stereocenters. The van der Waals surface area contributed by atoms with Gasteiger partial charge in [0, 0.05) is 0 Å². The summed E-state index contributed by atoms with van der Waals surface area (Å²) in [6.45, 7) is 8.75. The van der Waals surface area contributed by atoms with Crippen molar-refractivity contribution in [3.63, 3.8) is 0 Å². The van der Waals surface area contributed by atoms with Crippen LogP contribution < -0.4 is 0 Å². The van der Waals surface area contributed by atoms with Crippen molar-refractivity contribution < 1.29 is 0 Å². The zero-order valence-corrected chi connectivity index (χ0v) is 11.1. The molecule has 0 heteroatoms. The third kappa shape index (κ3) is 3.52. The molecule has 0 amide bonds. The van der Waals surface area contributed by atoms with E-state index in [1.54, 1.807) is 0 Å². The van der Waals surface area contributed by atoms with Gasteiger partial charge in [-0.1, -0.05) is 38.0 Å². The Morgan fingerprint density at radius 3 is 2.44 bits per heavy atom. The van der Waals surface area contributed by atoms with Crippen LogP contribution >= 0.6 is 0 Å². The quantitative estimate of drug-likeness (QED) is 0.613. The molecule has 16 heavy (non-hydrogen) atoms. The predicted molar refractivity (Wildman–Crippen MR) is 71.7 cm³/mol. The summed E-state index contributed by atoms with van der Waals surface area (Å²) in [6.07, 6.45) is 10.7. The first-order valence-electron chi connectivity index (χ1n) is 6.31. The van der Waals surface area contributed by atoms with Crippen LogP contribution in [0.25, 0.3) is 0 Å². The fourth-order valence-electron chi connectivity index (χ4n) is 1.84. The van der Waals surface area contributed by atoms with Gasteiger partial charge in [0.25, 0.3) is 0 Å². The minimum atomic E-state index is 1.15. The van der Waals surface area contributed by atoms with Crippen LogP contribution in [0.1, 0.15) is 54.9 Å². The molecule has 1 radical (unpaired) electrons. The average Bonchev–Trinajstić information content (AvgIpc) is 2.28. The van der Waals surface area contributed by atoms with Gasteiger partial charge in [-0.15, -0.1) is 0 Å². The zero-order chi connectivity index (χ0) is 12.0. The van der Waals surface area contributed by atoms with Crippen LogP contribution in [-0.4, -0.2) is 0 Å². The average molecular weight is 215 g/mol. The molecule has 0 heterocycles. The van der Waals surface area contributed by atoms with Crippen LogP contribution in [0.4, 0.5) is 0 Å². The molecule has 0 fully saturated rings. The number of unbranched alkanes of at least 4 members (excludes halogenated alkanes) is 3. The topological polar surface area (TPSA) is 0 Å². The second-order valence-corrected chi connectivity index (χ2v) is 4.54. The molecule has 0 spiro atoms. The lowest BCUT2D eigenvalue weighted by molar-refractivity contribution is 0.728. The molecule has 0 N–H and O–H groups in total. The fraction of sp³-hybridized carbons (Fsp3) is 0.500. The first kappa shape index (κ1) is 13.0. The van der Waals surface area contributed by atoms with Crippen LogP contribution in [0.2, 0.25) is 0 Å². The van der Waals surface area contributed by atoms with E-state index in [4.69, 9.17) is 0 Å². The van der Waals surface area contributed by atoms with Crippen LogP contribution in [0, 0.1) is 26.8 Å². The lowest BCUT2D eigenvalue weighted by Crippen LogP contribution is -1.91. The minimum absolute atomic E-state index is 1.15. The van der Waals surface area contributed by atoms with E-state index in [1.165, 1.54) is 41.5 Å². The Morgan fingerprint density at radius 2 is 1.75 bits per heavy atom.